The molecule has 29 heavy (non-hydrogen) atoms. The maximum Gasteiger partial charge on any atom is 0.196 e. The molecule has 0 fully saturated rings. The molecule has 2 aromatic carbocycles. The fraction of sp³-hybridized carbons (Fsp3) is 0.136. The lowest BCUT2D eigenvalue weighted by Gasteiger charge is -2.13. The monoisotopic (exact) mass is 404 g/mol. The van der Waals surface area contributed by atoms with Gasteiger partial charge in [-0.05, 0) is 36.4 Å². The second kappa shape index (κ2) is 9.36. The van der Waals surface area contributed by atoms with Crippen LogP contribution in [0.25, 0.3) is 17.1 Å². The number of ether oxygens (including phenoxy) is 1. The van der Waals surface area contributed by atoms with Crippen LogP contribution in [0.3, 0.4) is 0 Å². The summed E-state index contributed by atoms with van der Waals surface area (Å²) in [4.78, 5) is 4.08. The van der Waals surface area contributed by atoms with Gasteiger partial charge in [-0.15, -0.1) is 10.2 Å². The quantitative estimate of drug-likeness (QED) is 0.450. The van der Waals surface area contributed by atoms with E-state index in [2.05, 4.69) is 15.2 Å². The minimum Gasteiger partial charge on any atom is -0.491 e. The molecule has 0 saturated heterocycles. The van der Waals surface area contributed by atoms with Crippen LogP contribution in [0.4, 0.5) is 0 Å². The molecule has 0 aliphatic heterocycles. The molecule has 0 saturated carbocycles. The zero-order valence-electron chi connectivity index (χ0n) is 15.6. The summed E-state index contributed by atoms with van der Waals surface area (Å²) in [5.41, 5.74) is 1.89. The molecule has 0 bridgehead atoms. The highest BCUT2D eigenvalue weighted by atomic mass is 32.2. The van der Waals surface area contributed by atoms with Gasteiger partial charge in [-0.2, -0.15) is 0 Å². The van der Waals surface area contributed by atoms with Crippen molar-refractivity contribution >= 4 is 11.8 Å². The Labute approximate surface area is 173 Å². The number of benzene rings is 2. The predicted molar refractivity (Wildman–Crippen MR) is 113 cm³/mol. The maximum absolute atomic E-state index is 10.3. The molecule has 4 aromatic rings. The van der Waals surface area contributed by atoms with Crippen LogP contribution >= 0.6 is 11.8 Å². The molecule has 4 rings (SSSR count). The van der Waals surface area contributed by atoms with E-state index in [4.69, 9.17) is 4.74 Å². The Morgan fingerprint density at radius 2 is 1.59 bits per heavy atom. The molecular formula is C22H20N4O2S. The molecule has 0 aliphatic rings. The summed E-state index contributed by atoms with van der Waals surface area (Å²) in [5, 5.41) is 19.8. The fourth-order valence-electron chi connectivity index (χ4n) is 2.79. The van der Waals surface area contributed by atoms with Crippen LogP contribution in [-0.4, -0.2) is 43.3 Å². The molecule has 0 aliphatic carbocycles. The Balaban J connectivity index is 1.51. The highest BCUT2D eigenvalue weighted by molar-refractivity contribution is 7.99. The summed E-state index contributed by atoms with van der Waals surface area (Å²) in [6.45, 7) is 0.216. The smallest absolute Gasteiger partial charge is 0.196 e. The summed E-state index contributed by atoms with van der Waals surface area (Å²) >= 11 is 1.44. The normalized spacial score (nSPS) is 11.9. The van der Waals surface area contributed by atoms with E-state index in [1.807, 2.05) is 77.4 Å². The lowest BCUT2D eigenvalue weighted by atomic mass is 10.2. The van der Waals surface area contributed by atoms with Gasteiger partial charge in [0.25, 0.3) is 0 Å². The van der Waals surface area contributed by atoms with E-state index in [9.17, 15) is 5.11 Å². The number of thioether (sulfide) groups is 1. The maximum atomic E-state index is 10.3. The Bertz CT molecular complexity index is 1030. The minimum atomic E-state index is -0.634. The average molecular weight is 404 g/mol. The Hall–Kier alpha value is -3.16. The van der Waals surface area contributed by atoms with E-state index in [0.29, 0.717) is 10.9 Å². The third-order valence-corrected chi connectivity index (χ3v) is 5.25. The third kappa shape index (κ3) is 4.82. The largest absolute Gasteiger partial charge is 0.491 e. The van der Waals surface area contributed by atoms with Crippen molar-refractivity contribution in [2.45, 2.75) is 11.3 Å². The fourth-order valence-corrected chi connectivity index (χ4v) is 3.65. The zero-order valence-corrected chi connectivity index (χ0v) is 16.4. The van der Waals surface area contributed by atoms with Crippen molar-refractivity contribution in [1.29, 1.82) is 0 Å². The van der Waals surface area contributed by atoms with E-state index in [-0.39, 0.29) is 6.61 Å². The Kier molecular flexibility index (Phi) is 6.19. The third-order valence-electron chi connectivity index (χ3n) is 4.18. The van der Waals surface area contributed by atoms with Gasteiger partial charge in [0.2, 0.25) is 0 Å². The SMILES string of the molecule is O[C@@H](COc1ccccc1)CSc1nnc(-c2ccncc2)n1-c1ccccc1. The predicted octanol–water partition coefficient (Wildman–Crippen LogP) is 3.86. The van der Waals surface area contributed by atoms with Crippen LogP contribution in [0.15, 0.2) is 90.3 Å². The first-order valence-electron chi connectivity index (χ1n) is 9.21. The molecule has 0 amide bonds. The number of aromatic nitrogens is 4. The first-order chi connectivity index (χ1) is 14.3. The van der Waals surface area contributed by atoms with E-state index in [1.54, 1.807) is 12.4 Å². The van der Waals surface area contributed by atoms with Gasteiger partial charge in [-0.3, -0.25) is 9.55 Å². The Morgan fingerprint density at radius 3 is 2.31 bits per heavy atom. The molecular weight excluding hydrogens is 384 g/mol. The first-order valence-corrected chi connectivity index (χ1v) is 10.2. The molecule has 0 spiro atoms. The number of aliphatic hydroxyl groups excluding tert-OH is 1. The average Bonchev–Trinajstić information content (AvgIpc) is 3.22. The highest BCUT2D eigenvalue weighted by Crippen LogP contribution is 2.28. The number of aliphatic hydroxyl groups is 1. The lowest BCUT2D eigenvalue weighted by Crippen LogP contribution is -2.20. The lowest BCUT2D eigenvalue weighted by molar-refractivity contribution is 0.126. The van der Waals surface area contributed by atoms with Gasteiger partial charge in [0, 0.05) is 29.4 Å². The number of hydrogen-bond acceptors (Lipinski definition) is 6. The molecule has 7 heteroatoms. The van der Waals surface area contributed by atoms with E-state index < -0.39 is 6.10 Å². The first kappa shape index (κ1) is 19.2. The molecule has 6 nitrogen and oxygen atoms in total. The van der Waals surface area contributed by atoms with Crippen molar-refractivity contribution < 1.29 is 9.84 Å². The van der Waals surface area contributed by atoms with Gasteiger partial charge >= 0.3 is 0 Å². The van der Waals surface area contributed by atoms with Crippen LogP contribution in [0.2, 0.25) is 0 Å². The van der Waals surface area contributed by atoms with E-state index in [1.165, 1.54) is 11.8 Å². The minimum absolute atomic E-state index is 0.216. The molecule has 146 valence electrons. The van der Waals surface area contributed by atoms with Crippen molar-refractivity contribution in [3.63, 3.8) is 0 Å². The van der Waals surface area contributed by atoms with Crippen molar-refractivity contribution in [3.05, 3.63) is 85.2 Å². The molecule has 2 heterocycles. The summed E-state index contributed by atoms with van der Waals surface area (Å²) in [7, 11) is 0. The van der Waals surface area contributed by atoms with Gasteiger partial charge in [-0.1, -0.05) is 48.2 Å². The van der Waals surface area contributed by atoms with Crippen molar-refractivity contribution in [3.8, 4) is 22.8 Å². The standard InChI is InChI=1S/C22H20N4O2S/c27-19(15-28-20-9-5-2-6-10-20)16-29-22-25-24-21(17-11-13-23-14-12-17)26(22)18-7-3-1-4-8-18/h1-14,19,27H,15-16H2/t19-/m0/s1. The molecule has 1 atom stereocenters. The van der Waals surface area contributed by atoms with Gasteiger partial charge in [0.1, 0.15) is 12.4 Å². The van der Waals surface area contributed by atoms with E-state index >= 15 is 0 Å². The molecule has 1 N–H and O–H groups in total. The summed E-state index contributed by atoms with van der Waals surface area (Å²) in [6, 6.07) is 23.2. The molecule has 0 radical (unpaired) electrons. The van der Waals surface area contributed by atoms with Crippen LogP contribution in [0.1, 0.15) is 0 Å². The second-order valence-corrected chi connectivity index (χ2v) is 7.29. The zero-order chi connectivity index (χ0) is 19.9. The number of para-hydroxylation sites is 2. The van der Waals surface area contributed by atoms with Crippen LogP contribution in [0.5, 0.6) is 5.75 Å². The number of hydrogen-bond donors (Lipinski definition) is 1. The number of pyridine rings is 1. The van der Waals surface area contributed by atoms with Gasteiger partial charge in [0.05, 0.1) is 6.10 Å². The van der Waals surface area contributed by atoms with Crippen LogP contribution < -0.4 is 4.74 Å². The topological polar surface area (TPSA) is 73.1 Å². The van der Waals surface area contributed by atoms with Gasteiger partial charge < -0.3 is 9.84 Å². The summed E-state index contributed by atoms with van der Waals surface area (Å²) in [6.07, 6.45) is 2.83. The van der Waals surface area contributed by atoms with Crippen LogP contribution in [-0.2, 0) is 0 Å². The van der Waals surface area contributed by atoms with Gasteiger partial charge in [-0.25, -0.2) is 0 Å². The second-order valence-electron chi connectivity index (χ2n) is 6.30. The van der Waals surface area contributed by atoms with Crippen molar-refractivity contribution in [1.82, 2.24) is 19.7 Å². The number of nitrogens with zero attached hydrogens (tertiary/aromatic N) is 4. The summed E-state index contributed by atoms with van der Waals surface area (Å²) < 4.78 is 7.62. The molecule has 0 unspecified atom stereocenters. The summed E-state index contributed by atoms with van der Waals surface area (Å²) in [5.74, 6) is 1.91. The van der Waals surface area contributed by atoms with Gasteiger partial charge in [0.15, 0.2) is 11.0 Å². The van der Waals surface area contributed by atoms with Crippen molar-refractivity contribution in [2.24, 2.45) is 0 Å². The van der Waals surface area contributed by atoms with Crippen LogP contribution in [0, 0.1) is 0 Å². The Morgan fingerprint density at radius 1 is 0.897 bits per heavy atom. The number of rotatable bonds is 8. The van der Waals surface area contributed by atoms with Crippen molar-refractivity contribution in [2.75, 3.05) is 12.4 Å². The highest BCUT2D eigenvalue weighted by Gasteiger charge is 2.17. The van der Waals surface area contributed by atoms with E-state index in [0.717, 1.165) is 22.8 Å². The molecule has 2 aromatic heterocycles.